The van der Waals surface area contributed by atoms with Gasteiger partial charge >= 0.3 is 0 Å². The fourth-order valence-electron chi connectivity index (χ4n) is 1.95. The minimum atomic E-state index is -2.98. The van der Waals surface area contributed by atoms with Gasteiger partial charge in [0, 0.05) is 23.6 Å². The summed E-state index contributed by atoms with van der Waals surface area (Å²) in [5, 5.41) is 3.25. The summed E-state index contributed by atoms with van der Waals surface area (Å²) in [6, 6.07) is 4.65. The van der Waals surface area contributed by atoms with Crippen LogP contribution in [0.1, 0.15) is 31.4 Å². The largest absolute Gasteiger partial charge is 0.310 e. The van der Waals surface area contributed by atoms with E-state index in [0.717, 1.165) is 0 Å². The molecule has 0 fully saturated rings. The third-order valence-electron chi connectivity index (χ3n) is 2.82. The van der Waals surface area contributed by atoms with Crippen molar-refractivity contribution in [2.75, 3.05) is 18.6 Å². The molecule has 1 aromatic carbocycles. The van der Waals surface area contributed by atoms with Crippen molar-refractivity contribution in [1.29, 1.82) is 0 Å². The summed E-state index contributed by atoms with van der Waals surface area (Å²) in [5.41, 5.74) is 0.489. The third kappa shape index (κ3) is 5.47. The first-order valence-corrected chi connectivity index (χ1v) is 8.64. The van der Waals surface area contributed by atoms with E-state index in [2.05, 4.69) is 5.32 Å². The lowest BCUT2D eigenvalue weighted by Gasteiger charge is -2.19. The number of sulfone groups is 1. The van der Waals surface area contributed by atoms with Crippen LogP contribution in [0.4, 0.5) is 4.39 Å². The van der Waals surface area contributed by atoms with Crippen LogP contribution < -0.4 is 5.32 Å². The van der Waals surface area contributed by atoms with Crippen LogP contribution in [-0.2, 0) is 9.84 Å². The molecule has 0 spiro atoms. The highest BCUT2D eigenvalue weighted by atomic mass is 35.5. The molecule has 0 saturated carbocycles. The van der Waals surface area contributed by atoms with E-state index in [1.807, 2.05) is 6.92 Å². The maximum absolute atomic E-state index is 13.9. The summed E-state index contributed by atoms with van der Waals surface area (Å²) in [7, 11) is -2.98. The maximum atomic E-state index is 13.9. The van der Waals surface area contributed by atoms with Crippen molar-refractivity contribution in [2.45, 2.75) is 25.8 Å². The van der Waals surface area contributed by atoms with E-state index in [1.54, 1.807) is 12.1 Å². The van der Waals surface area contributed by atoms with E-state index >= 15 is 0 Å². The monoisotopic (exact) mass is 307 g/mol. The molecule has 1 N–H and O–H groups in total. The minimum absolute atomic E-state index is 0.0866. The van der Waals surface area contributed by atoms with E-state index in [4.69, 9.17) is 11.6 Å². The molecule has 0 aliphatic carbocycles. The lowest BCUT2D eigenvalue weighted by Crippen LogP contribution is -2.22. The fraction of sp³-hybridized carbons (Fsp3) is 0.538. The Morgan fingerprint density at radius 2 is 2.11 bits per heavy atom. The highest BCUT2D eigenvalue weighted by Crippen LogP contribution is 2.26. The highest BCUT2D eigenvalue weighted by molar-refractivity contribution is 7.90. The lowest BCUT2D eigenvalue weighted by molar-refractivity contribution is 0.480. The number of halogens is 2. The Balaban J connectivity index is 2.79. The molecule has 0 saturated heterocycles. The molecular weight excluding hydrogens is 289 g/mol. The number of hydrogen-bond donors (Lipinski definition) is 1. The summed E-state index contributed by atoms with van der Waals surface area (Å²) >= 11 is 5.77. The van der Waals surface area contributed by atoms with Crippen molar-refractivity contribution in [3.63, 3.8) is 0 Å². The van der Waals surface area contributed by atoms with Gasteiger partial charge in [-0.15, -0.1) is 0 Å². The average molecular weight is 308 g/mol. The van der Waals surface area contributed by atoms with Crippen LogP contribution in [0.5, 0.6) is 0 Å². The Bertz CT molecular complexity index is 519. The lowest BCUT2D eigenvalue weighted by atomic mass is 10.0. The van der Waals surface area contributed by atoms with Gasteiger partial charge in [-0.05, 0) is 25.5 Å². The van der Waals surface area contributed by atoms with Gasteiger partial charge in [0.25, 0.3) is 0 Å². The molecule has 19 heavy (non-hydrogen) atoms. The Kier molecular flexibility index (Phi) is 6.23. The molecule has 1 atom stereocenters. The van der Waals surface area contributed by atoms with Gasteiger partial charge in [0.2, 0.25) is 0 Å². The molecule has 0 aromatic heterocycles. The van der Waals surface area contributed by atoms with Crippen LogP contribution in [0.3, 0.4) is 0 Å². The van der Waals surface area contributed by atoms with Gasteiger partial charge in [-0.2, -0.15) is 0 Å². The molecular formula is C13H19ClFNO2S. The van der Waals surface area contributed by atoms with Crippen LogP contribution in [0, 0.1) is 5.82 Å². The fourth-order valence-corrected chi connectivity index (χ4v) is 2.83. The molecule has 0 aliphatic heterocycles. The summed E-state index contributed by atoms with van der Waals surface area (Å²) in [5.74, 6) is -0.327. The van der Waals surface area contributed by atoms with Crippen LogP contribution >= 0.6 is 11.6 Å². The number of rotatable bonds is 7. The van der Waals surface area contributed by atoms with Gasteiger partial charge in [0.1, 0.15) is 15.7 Å². The number of benzene rings is 1. The smallest absolute Gasteiger partial charge is 0.147 e. The first-order chi connectivity index (χ1) is 8.85. The van der Waals surface area contributed by atoms with Gasteiger partial charge in [0.15, 0.2) is 0 Å². The van der Waals surface area contributed by atoms with Crippen LogP contribution in [0.25, 0.3) is 0 Å². The Morgan fingerprint density at radius 3 is 2.68 bits per heavy atom. The molecule has 3 nitrogen and oxygen atoms in total. The van der Waals surface area contributed by atoms with Crippen molar-refractivity contribution in [1.82, 2.24) is 5.32 Å². The van der Waals surface area contributed by atoms with Crippen LogP contribution in [0.2, 0.25) is 5.02 Å². The Hall–Kier alpha value is -0.650. The topological polar surface area (TPSA) is 46.2 Å². The predicted octanol–water partition coefficient (Wildman–Crippen LogP) is 2.95. The zero-order valence-electron chi connectivity index (χ0n) is 11.1. The van der Waals surface area contributed by atoms with Crippen LogP contribution in [-0.4, -0.2) is 27.0 Å². The Morgan fingerprint density at radius 1 is 1.42 bits per heavy atom. The second-order valence-electron chi connectivity index (χ2n) is 4.53. The Labute approximate surface area is 119 Å². The third-order valence-corrected chi connectivity index (χ3v) is 4.14. The summed E-state index contributed by atoms with van der Waals surface area (Å²) in [6.07, 6.45) is 2.25. The van der Waals surface area contributed by atoms with E-state index < -0.39 is 15.7 Å². The summed E-state index contributed by atoms with van der Waals surface area (Å²) < 4.78 is 36.2. The van der Waals surface area contributed by atoms with Crippen molar-refractivity contribution >= 4 is 21.4 Å². The van der Waals surface area contributed by atoms with Crippen LogP contribution in [0.15, 0.2) is 18.2 Å². The maximum Gasteiger partial charge on any atom is 0.147 e. The molecule has 0 amide bonds. The van der Waals surface area contributed by atoms with Gasteiger partial charge in [-0.1, -0.05) is 30.7 Å². The zero-order chi connectivity index (χ0) is 14.5. The molecule has 1 aromatic rings. The van der Waals surface area contributed by atoms with Crippen molar-refractivity contribution in [3.05, 3.63) is 34.6 Å². The molecule has 6 heteroatoms. The predicted molar refractivity (Wildman–Crippen MR) is 76.8 cm³/mol. The molecule has 0 bridgehead atoms. The zero-order valence-corrected chi connectivity index (χ0v) is 12.7. The second-order valence-corrected chi connectivity index (χ2v) is 7.19. The number of nitrogens with one attached hydrogen (secondary N) is 1. The molecule has 1 unspecified atom stereocenters. The van der Waals surface area contributed by atoms with E-state index in [1.165, 1.54) is 12.3 Å². The highest BCUT2D eigenvalue weighted by Gasteiger charge is 2.17. The minimum Gasteiger partial charge on any atom is -0.310 e. The van der Waals surface area contributed by atoms with Crippen molar-refractivity contribution in [3.8, 4) is 0 Å². The van der Waals surface area contributed by atoms with E-state index in [0.29, 0.717) is 24.9 Å². The summed E-state index contributed by atoms with van der Waals surface area (Å²) in [4.78, 5) is 0. The van der Waals surface area contributed by atoms with Crippen molar-refractivity contribution < 1.29 is 12.8 Å². The van der Waals surface area contributed by atoms with Gasteiger partial charge < -0.3 is 5.32 Å². The first-order valence-electron chi connectivity index (χ1n) is 6.20. The molecule has 0 radical (unpaired) electrons. The van der Waals surface area contributed by atoms with Gasteiger partial charge in [-0.3, -0.25) is 0 Å². The molecule has 0 aliphatic rings. The quantitative estimate of drug-likeness (QED) is 0.842. The van der Waals surface area contributed by atoms with E-state index in [-0.39, 0.29) is 16.8 Å². The first kappa shape index (κ1) is 16.4. The second kappa shape index (κ2) is 7.22. The molecule has 1 rings (SSSR count). The molecule has 108 valence electrons. The SMILES string of the molecule is CCNC(CCCS(C)(=O)=O)c1cccc(Cl)c1F. The number of hydrogen-bond acceptors (Lipinski definition) is 3. The van der Waals surface area contributed by atoms with Gasteiger partial charge in [0.05, 0.1) is 5.02 Å². The average Bonchev–Trinajstić information content (AvgIpc) is 2.30. The standard InChI is InChI=1S/C13H19ClFNO2S/c1-3-16-12(8-5-9-19(2,17)18)10-6-4-7-11(14)13(10)15/h4,6-7,12,16H,3,5,8-9H2,1-2H3. The van der Waals surface area contributed by atoms with Crippen molar-refractivity contribution in [2.24, 2.45) is 0 Å². The molecule has 0 heterocycles. The summed E-state index contributed by atoms with van der Waals surface area (Å²) in [6.45, 7) is 2.60. The van der Waals surface area contributed by atoms with Gasteiger partial charge in [-0.25, -0.2) is 12.8 Å². The van der Waals surface area contributed by atoms with E-state index in [9.17, 15) is 12.8 Å². The normalized spacial score (nSPS) is 13.5.